The van der Waals surface area contributed by atoms with E-state index in [1.54, 1.807) is 14.2 Å². The first-order valence-corrected chi connectivity index (χ1v) is 5.30. The average Bonchev–Trinajstić information content (AvgIpc) is 2.33. The molecule has 84 valence electrons. The number of hydrogen-bond donors (Lipinski definition) is 0. The molecule has 0 N–H and O–H groups in total. The third kappa shape index (κ3) is 1.42. The summed E-state index contributed by atoms with van der Waals surface area (Å²) < 4.78 is 10.9. The smallest absolute Gasteiger partial charge is 0.168 e. The molecule has 0 aliphatic rings. The van der Waals surface area contributed by atoms with Crippen molar-refractivity contribution < 1.29 is 9.47 Å². The zero-order chi connectivity index (χ0) is 11.7. The normalized spacial score (nSPS) is 10.5. The first kappa shape index (κ1) is 10.8. The van der Waals surface area contributed by atoms with E-state index in [4.69, 9.17) is 9.47 Å². The maximum atomic E-state index is 5.46. The lowest BCUT2D eigenvalue weighted by atomic mass is 9.99. The van der Waals surface area contributed by atoms with Gasteiger partial charge in [-0.2, -0.15) is 0 Å². The van der Waals surface area contributed by atoms with Gasteiger partial charge in [-0.25, -0.2) is 0 Å². The van der Waals surface area contributed by atoms with Crippen molar-refractivity contribution >= 4 is 10.8 Å². The molecule has 0 aromatic heterocycles. The van der Waals surface area contributed by atoms with Crippen LogP contribution in [-0.4, -0.2) is 14.2 Å². The standard InChI is InChI=1S/C14H16O2/c1-9-10(2)13(15-3)14(16-4)12-8-6-5-7-11(9)12/h5-8H,1-4H3. The molecule has 0 radical (unpaired) electrons. The number of ether oxygens (including phenoxy) is 2. The quantitative estimate of drug-likeness (QED) is 0.765. The van der Waals surface area contributed by atoms with Crippen molar-refractivity contribution in [2.45, 2.75) is 13.8 Å². The van der Waals surface area contributed by atoms with E-state index >= 15 is 0 Å². The van der Waals surface area contributed by atoms with Gasteiger partial charge < -0.3 is 9.47 Å². The minimum Gasteiger partial charge on any atom is -0.493 e. The molecule has 0 aliphatic carbocycles. The van der Waals surface area contributed by atoms with Crippen molar-refractivity contribution in [3.8, 4) is 11.5 Å². The molecular formula is C14H16O2. The first-order chi connectivity index (χ1) is 7.70. The number of fused-ring (bicyclic) bond motifs is 1. The number of aryl methyl sites for hydroxylation is 1. The highest BCUT2D eigenvalue weighted by Gasteiger charge is 2.15. The van der Waals surface area contributed by atoms with Gasteiger partial charge in [0.05, 0.1) is 14.2 Å². The van der Waals surface area contributed by atoms with Crippen LogP contribution in [-0.2, 0) is 0 Å². The molecule has 0 unspecified atom stereocenters. The van der Waals surface area contributed by atoms with Crippen LogP contribution in [0.4, 0.5) is 0 Å². The molecule has 0 amide bonds. The van der Waals surface area contributed by atoms with E-state index in [1.807, 2.05) is 12.1 Å². The van der Waals surface area contributed by atoms with Crippen molar-refractivity contribution in [2.24, 2.45) is 0 Å². The fourth-order valence-electron chi connectivity index (χ4n) is 2.12. The molecule has 0 saturated carbocycles. The summed E-state index contributed by atoms with van der Waals surface area (Å²) in [6, 6.07) is 8.22. The Balaban J connectivity index is 2.94. The summed E-state index contributed by atoms with van der Waals surface area (Å²) >= 11 is 0. The largest absolute Gasteiger partial charge is 0.493 e. The van der Waals surface area contributed by atoms with Gasteiger partial charge in [-0.15, -0.1) is 0 Å². The van der Waals surface area contributed by atoms with Crippen LogP contribution in [0.5, 0.6) is 11.5 Å². The highest BCUT2D eigenvalue weighted by molar-refractivity contribution is 5.94. The Labute approximate surface area is 95.8 Å². The Morgan fingerprint density at radius 1 is 0.750 bits per heavy atom. The molecular weight excluding hydrogens is 200 g/mol. The summed E-state index contributed by atoms with van der Waals surface area (Å²) in [6.45, 7) is 4.17. The summed E-state index contributed by atoms with van der Waals surface area (Å²) in [7, 11) is 3.36. The van der Waals surface area contributed by atoms with Crippen molar-refractivity contribution in [1.82, 2.24) is 0 Å². The van der Waals surface area contributed by atoms with E-state index in [2.05, 4.69) is 26.0 Å². The van der Waals surface area contributed by atoms with E-state index in [-0.39, 0.29) is 0 Å². The van der Waals surface area contributed by atoms with E-state index in [0.29, 0.717) is 0 Å². The topological polar surface area (TPSA) is 18.5 Å². The molecule has 0 spiro atoms. The maximum absolute atomic E-state index is 5.46. The number of benzene rings is 2. The van der Waals surface area contributed by atoms with Crippen LogP contribution in [0.15, 0.2) is 24.3 Å². The monoisotopic (exact) mass is 216 g/mol. The summed E-state index contributed by atoms with van der Waals surface area (Å²) in [6.07, 6.45) is 0. The van der Waals surface area contributed by atoms with Gasteiger partial charge in [-0.1, -0.05) is 24.3 Å². The van der Waals surface area contributed by atoms with Crippen molar-refractivity contribution in [3.63, 3.8) is 0 Å². The molecule has 0 heterocycles. The number of methoxy groups -OCH3 is 2. The maximum Gasteiger partial charge on any atom is 0.168 e. The van der Waals surface area contributed by atoms with E-state index in [9.17, 15) is 0 Å². The van der Waals surface area contributed by atoms with Crippen molar-refractivity contribution in [2.75, 3.05) is 14.2 Å². The molecule has 16 heavy (non-hydrogen) atoms. The molecule has 0 atom stereocenters. The fraction of sp³-hybridized carbons (Fsp3) is 0.286. The fourth-order valence-corrected chi connectivity index (χ4v) is 2.12. The third-order valence-corrected chi connectivity index (χ3v) is 3.09. The minimum absolute atomic E-state index is 0.821. The predicted molar refractivity (Wildman–Crippen MR) is 66.5 cm³/mol. The van der Waals surface area contributed by atoms with Gasteiger partial charge in [-0.05, 0) is 30.4 Å². The zero-order valence-corrected chi connectivity index (χ0v) is 10.1. The molecule has 2 aromatic carbocycles. The Morgan fingerprint density at radius 3 is 1.88 bits per heavy atom. The molecule has 0 aliphatic heterocycles. The lowest BCUT2D eigenvalue weighted by molar-refractivity contribution is 0.356. The molecule has 0 bridgehead atoms. The SMILES string of the molecule is COc1c(C)c(C)c2ccccc2c1OC. The van der Waals surface area contributed by atoms with Crippen LogP contribution in [0.1, 0.15) is 11.1 Å². The zero-order valence-electron chi connectivity index (χ0n) is 10.1. The summed E-state index contributed by atoms with van der Waals surface area (Å²) in [4.78, 5) is 0. The first-order valence-electron chi connectivity index (χ1n) is 5.30. The lowest BCUT2D eigenvalue weighted by Gasteiger charge is -2.16. The van der Waals surface area contributed by atoms with Crippen LogP contribution in [0, 0.1) is 13.8 Å². The second kappa shape index (κ2) is 4.05. The molecule has 2 nitrogen and oxygen atoms in total. The van der Waals surface area contributed by atoms with Crippen molar-refractivity contribution in [1.29, 1.82) is 0 Å². The summed E-state index contributed by atoms with van der Waals surface area (Å²) in [5.74, 6) is 1.65. The van der Waals surface area contributed by atoms with E-state index in [0.717, 1.165) is 22.4 Å². The van der Waals surface area contributed by atoms with Crippen LogP contribution in [0.2, 0.25) is 0 Å². The van der Waals surface area contributed by atoms with E-state index < -0.39 is 0 Å². The second-order valence-electron chi connectivity index (χ2n) is 3.86. The van der Waals surface area contributed by atoms with Gasteiger partial charge >= 0.3 is 0 Å². The Kier molecular flexibility index (Phi) is 2.73. The molecule has 0 saturated heterocycles. The summed E-state index contributed by atoms with van der Waals surface area (Å²) in [5.41, 5.74) is 2.38. The van der Waals surface area contributed by atoms with Gasteiger partial charge in [0.25, 0.3) is 0 Å². The Hall–Kier alpha value is -1.70. The van der Waals surface area contributed by atoms with E-state index in [1.165, 1.54) is 10.9 Å². The number of rotatable bonds is 2. The molecule has 2 rings (SSSR count). The Morgan fingerprint density at radius 2 is 1.31 bits per heavy atom. The van der Waals surface area contributed by atoms with Crippen molar-refractivity contribution in [3.05, 3.63) is 35.4 Å². The Bertz CT molecular complexity index is 530. The van der Waals surface area contributed by atoms with Gasteiger partial charge in [0.2, 0.25) is 0 Å². The highest BCUT2D eigenvalue weighted by Crippen LogP contribution is 2.40. The molecule has 2 heteroatoms. The van der Waals surface area contributed by atoms with Crippen LogP contribution in [0.25, 0.3) is 10.8 Å². The van der Waals surface area contributed by atoms with Crippen LogP contribution in [0.3, 0.4) is 0 Å². The van der Waals surface area contributed by atoms with Crippen LogP contribution >= 0.6 is 0 Å². The number of hydrogen-bond acceptors (Lipinski definition) is 2. The van der Waals surface area contributed by atoms with Gasteiger partial charge in [0.1, 0.15) is 0 Å². The second-order valence-corrected chi connectivity index (χ2v) is 3.86. The lowest BCUT2D eigenvalue weighted by Crippen LogP contribution is -1.97. The summed E-state index contributed by atoms with van der Waals surface area (Å²) in [5, 5.41) is 2.32. The van der Waals surface area contributed by atoms with Crippen LogP contribution < -0.4 is 9.47 Å². The minimum atomic E-state index is 0.821. The average molecular weight is 216 g/mol. The molecule has 0 fully saturated rings. The third-order valence-electron chi connectivity index (χ3n) is 3.09. The predicted octanol–water partition coefficient (Wildman–Crippen LogP) is 3.47. The molecule has 2 aromatic rings. The van der Waals surface area contributed by atoms with Gasteiger partial charge in [0.15, 0.2) is 11.5 Å². The highest BCUT2D eigenvalue weighted by atomic mass is 16.5. The van der Waals surface area contributed by atoms with Gasteiger partial charge in [-0.3, -0.25) is 0 Å². The van der Waals surface area contributed by atoms with Gasteiger partial charge in [0, 0.05) is 5.39 Å².